The van der Waals surface area contributed by atoms with Crippen molar-refractivity contribution in [2.45, 2.75) is 23.3 Å². The molecule has 0 amide bonds. The van der Waals surface area contributed by atoms with Crippen molar-refractivity contribution in [2.24, 2.45) is 0 Å². The number of carbonyl (C=O) groups is 1. The van der Waals surface area contributed by atoms with Crippen LogP contribution in [0.4, 0.5) is 0 Å². The first kappa shape index (κ1) is 15.0. The molecular weight excluding hydrogens is 374 g/mol. The topological polar surface area (TPSA) is 38.3 Å². The van der Waals surface area contributed by atoms with Gasteiger partial charge in [0.05, 0.1) is 0 Å². The second-order valence-corrected chi connectivity index (χ2v) is 6.41. The monoisotopic (exact) mass is 389 g/mol. The van der Waals surface area contributed by atoms with E-state index in [0.717, 1.165) is 31.5 Å². The highest BCUT2D eigenvalue weighted by atomic mass is 79.9. The molecule has 1 aliphatic rings. The third-order valence-electron chi connectivity index (χ3n) is 3.40. The minimum atomic E-state index is -0.488. The van der Waals surface area contributed by atoms with Gasteiger partial charge in [-0.15, -0.1) is 0 Å². The third kappa shape index (κ3) is 3.58. The molecular formula is C14H17Br2NO2. The molecule has 2 rings (SSSR count). The Labute approximate surface area is 130 Å². The fourth-order valence-electron chi connectivity index (χ4n) is 2.34. The zero-order valence-electron chi connectivity index (χ0n) is 10.6. The van der Waals surface area contributed by atoms with Gasteiger partial charge in [-0.2, -0.15) is 0 Å². The second-order valence-electron chi connectivity index (χ2n) is 4.65. The number of ether oxygens (including phenoxy) is 1. The molecule has 0 saturated carbocycles. The van der Waals surface area contributed by atoms with Crippen molar-refractivity contribution in [2.75, 3.05) is 18.4 Å². The van der Waals surface area contributed by atoms with Crippen LogP contribution in [0.5, 0.6) is 0 Å². The Kier molecular flexibility index (Phi) is 5.42. The maximum atomic E-state index is 12.1. The predicted molar refractivity (Wildman–Crippen MR) is 82.8 cm³/mol. The summed E-state index contributed by atoms with van der Waals surface area (Å²) in [6.07, 6.45) is 1.62. The SMILES string of the molecule is O=C(OC1(c2ccccc2)CCNCC1)C(Br)CBr. The minimum absolute atomic E-state index is 0.206. The summed E-state index contributed by atoms with van der Waals surface area (Å²) in [5.74, 6) is -0.206. The Morgan fingerprint density at radius 1 is 1.32 bits per heavy atom. The smallest absolute Gasteiger partial charge is 0.321 e. The molecule has 1 atom stereocenters. The fraction of sp³-hybridized carbons (Fsp3) is 0.500. The highest BCUT2D eigenvalue weighted by Gasteiger charge is 2.38. The summed E-state index contributed by atoms with van der Waals surface area (Å²) >= 11 is 6.62. The Balaban J connectivity index is 2.23. The summed E-state index contributed by atoms with van der Waals surface area (Å²) in [6.45, 7) is 1.73. The molecule has 1 aromatic carbocycles. The van der Waals surface area contributed by atoms with Crippen LogP contribution >= 0.6 is 31.9 Å². The number of carbonyl (C=O) groups excluding carboxylic acids is 1. The summed E-state index contributed by atoms with van der Waals surface area (Å²) < 4.78 is 5.86. The first-order valence-corrected chi connectivity index (χ1v) is 8.41. The summed E-state index contributed by atoms with van der Waals surface area (Å²) in [6, 6.07) is 10.0. The zero-order chi connectivity index (χ0) is 13.7. The van der Waals surface area contributed by atoms with Crippen LogP contribution in [0.2, 0.25) is 0 Å². The van der Waals surface area contributed by atoms with Crippen LogP contribution in [-0.2, 0) is 15.1 Å². The lowest BCUT2D eigenvalue weighted by atomic mass is 9.85. The lowest BCUT2D eigenvalue weighted by Crippen LogP contribution is -2.44. The zero-order valence-corrected chi connectivity index (χ0v) is 13.7. The molecule has 1 aliphatic heterocycles. The van der Waals surface area contributed by atoms with E-state index in [1.807, 2.05) is 30.3 Å². The Morgan fingerprint density at radius 2 is 1.95 bits per heavy atom. The summed E-state index contributed by atoms with van der Waals surface area (Å²) in [7, 11) is 0. The van der Waals surface area contributed by atoms with Gasteiger partial charge in [-0.05, 0) is 18.7 Å². The van der Waals surface area contributed by atoms with Gasteiger partial charge in [-0.25, -0.2) is 0 Å². The summed E-state index contributed by atoms with van der Waals surface area (Å²) in [5.41, 5.74) is 0.594. The molecule has 3 nitrogen and oxygen atoms in total. The van der Waals surface area contributed by atoms with Crippen molar-refractivity contribution in [1.82, 2.24) is 5.32 Å². The quantitative estimate of drug-likeness (QED) is 0.634. The van der Waals surface area contributed by atoms with Crippen molar-refractivity contribution in [1.29, 1.82) is 0 Å². The highest BCUT2D eigenvalue weighted by Crippen LogP contribution is 2.35. The lowest BCUT2D eigenvalue weighted by Gasteiger charge is -2.38. The molecule has 0 radical (unpaired) electrons. The van der Waals surface area contributed by atoms with Crippen LogP contribution in [0.15, 0.2) is 30.3 Å². The van der Waals surface area contributed by atoms with E-state index < -0.39 is 5.60 Å². The second kappa shape index (κ2) is 6.86. The van der Waals surface area contributed by atoms with E-state index in [1.54, 1.807) is 0 Å². The molecule has 19 heavy (non-hydrogen) atoms. The first-order chi connectivity index (χ1) is 9.18. The van der Waals surface area contributed by atoms with Crippen LogP contribution in [0.1, 0.15) is 18.4 Å². The Morgan fingerprint density at radius 3 is 2.53 bits per heavy atom. The van der Waals surface area contributed by atoms with Crippen LogP contribution in [0, 0.1) is 0 Å². The van der Waals surface area contributed by atoms with Gasteiger partial charge in [-0.3, -0.25) is 4.79 Å². The number of esters is 1. The summed E-state index contributed by atoms with van der Waals surface area (Å²) in [5, 5.41) is 3.86. The van der Waals surface area contributed by atoms with E-state index in [2.05, 4.69) is 37.2 Å². The normalized spacial score (nSPS) is 19.7. The maximum absolute atomic E-state index is 12.1. The van der Waals surface area contributed by atoms with Gasteiger partial charge < -0.3 is 10.1 Å². The van der Waals surface area contributed by atoms with Crippen molar-refractivity contribution < 1.29 is 9.53 Å². The van der Waals surface area contributed by atoms with E-state index in [1.165, 1.54) is 0 Å². The summed E-state index contributed by atoms with van der Waals surface area (Å²) in [4.78, 5) is 11.8. The molecule has 1 N–H and O–H groups in total. The van der Waals surface area contributed by atoms with E-state index in [-0.39, 0.29) is 10.8 Å². The average molecular weight is 391 g/mol. The molecule has 1 saturated heterocycles. The van der Waals surface area contributed by atoms with Crippen LogP contribution in [0.3, 0.4) is 0 Å². The number of rotatable bonds is 4. The molecule has 0 aromatic heterocycles. The average Bonchev–Trinajstić information content (AvgIpc) is 2.48. The van der Waals surface area contributed by atoms with E-state index in [4.69, 9.17) is 4.74 Å². The number of hydrogen-bond acceptors (Lipinski definition) is 3. The molecule has 1 aromatic rings. The Hall–Kier alpha value is -0.390. The predicted octanol–water partition coefficient (Wildman–Crippen LogP) is 2.97. The lowest BCUT2D eigenvalue weighted by molar-refractivity contribution is -0.163. The van der Waals surface area contributed by atoms with Crippen molar-refractivity contribution in [3.05, 3.63) is 35.9 Å². The number of alkyl halides is 2. The van der Waals surface area contributed by atoms with Crippen LogP contribution in [0.25, 0.3) is 0 Å². The highest BCUT2D eigenvalue weighted by molar-refractivity contribution is 9.12. The van der Waals surface area contributed by atoms with Crippen LogP contribution in [-0.4, -0.2) is 29.2 Å². The third-order valence-corrected chi connectivity index (χ3v) is 5.61. The van der Waals surface area contributed by atoms with Crippen LogP contribution < -0.4 is 5.32 Å². The van der Waals surface area contributed by atoms with Crippen molar-refractivity contribution in [3.63, 3.8) is 0 Å². The molecule has 0 spiro atoms. The van der Waals surface area contributed by atoms with E-state index >= 15 is 0 Å². The van der Waals surface area contributed by atoms with Gasteiger partial charge in [0.1, 0.15) is 10.4 Å². The molecule has 1 heterocycles. The molecule has 5 heteroatoms. The van der Waals surface area contributed by atoms with Gasteiger partial charge in [-0.1, -0.05) is 62.2 Å². The molecule has 0 aliphatic carbocycles. The standard InChI is InChI=1S/C14H17Br2NO2/c15-10-12(16)13(18)19-14(6-8-17-9-7-14)11-4-2-1-3-5-11/h1-5,12,17H,6-10H2. The molecule has 1 fully saturated rings. The minimum Gasteiger partial charge on any atom is -0.453 e. The molecule has 1 unspecified atom stereocenters. The number of halogens is 2. The van der Waals surface area contributed by atoms with Crippen molar-refractivity contribution >= 4 is 37.8 Å². The maximum Gasteiger partial charge on any atom is 0.321 e. The van der Waals surface area contributed by atoms with E-state index in [0.29, 0.717) is 5.33 Å². The number of nitrogens with one attached hydrogen (secondary N) is 1. The number of piperidine rings is 1. The largest absolute Gasteiger partial charge is 0.453 e. The van der Waals surface area contributed by atoms with Gasteiger partial charge in [0.15, 0.2) is 0 Å². The van der Waals surface area contributed by atoms with Crippen molar-refractivity contribution in [3.8, 4) is 0 Å². The number of benzene rings is 1. The Bertz CT molecular complexity index is 419. The van der Waals surface area contributed by atoms with E-state index in [9.17, 15) is 4.79 Å². The number of hydrogen-bond donors (Lipinski definition) is 1. The van der Waals surface area contributed by atoms with Gasteiger partial charge in [0.25, 0.3) is 0 Å². The van der Waals surface area contributed by atoms with Gasteiger partial charge in [0.2, 0.25) is 0 Å². The first-order valence-electron chi connectivity index (χ1n) is 6.37. The fourth-order valence-corrected chi connectivity index (χ4v) is 2.70. The molecule has 0 bridgehead atoms. The van der Waals surface area contributed by atoms with Gasteiger partial charge >= 0.3 is 5.97 Å². The molecule has 104 valence electrons. The van der Waals surface area contributed by atoms with Gasteiger partial charge in [0, 0.05) is 18.2 Å².